The first-order chi connectivity index (χ1) is 49.8. The monoisotopic (exact) mass is 1620 g/mol. The number of anilines is 3. The smallest absolute Gasteiger partial charge is 0.358 e. The second-order valence-electron chi connectivity index (χ2n) is 21.2. The zero-order valence-electron chi connectivity index (χ0n) is 55.4. The molecule has 0 saturated carbocycles. The average Bonchev–Trinajstić information content (AvgIpc) is 0.830. The van der Waals surface area contributed by atoms with Gasteiger partial charge in [0, 0.05) is 72.9 Å². The molecule has 572 valence electrons. The normalized spacial score (nSPS) is 11.0. The van der Waals surface area contributed by atoms with Crippen molar-refractivity contribution in [2.75, 3.05) is 17.2 Å². The Morgan fingerprint density at radius 2 is 0.778 bits per heavy atom. The van der Waals surface area contributed by atoms with Crippen molar-refractivity contribution in [3.63, 3.8) is 0 Å². The van der Waals surface area contributed by atoms with Crippen LogP contribution in [0.15, 0.2) is 176 Å². The summed E-state index contributed by atoms with van der Waals surface area (Å²) in [6.07, 6.45) is 2.65. The standard InChI is InChI=1S/C21H19FN4O4S.C12H11N3O2.C8H7FN2O5S.C8H9FN2O3S.C6H3ClFNO4S.C6H5FN2O4S/c1-12-3-6-15(7-4-12)17-11-24-21(23)20(25-17)18(28)10-14-5-8-19(16(22)9-14)31(29,30)26-13(2)27;1-7-2-4-8(5-3-7)9-6-14-11(13)10(15-9)12(16)17;1-5(12)10-17(15,16)8-3-2-6(11(13)14)4-7(8)9;1-5(12)11-15(13,14)8-3-2-6(10)4-7(8)9;7-14(12,13)6-2-1-4(9(10)11)3-5(6)8;7-5-3-4(9(10)11)1-2-6(5)14(8,12)13/h3-9,11H,10H2,1-2H3,(H2,23,24)(H,26,27);2-6H,1H3,(H2,13,14)(H,16,17);2-4H,1H3,(H,10,12);2-4H,10H2,1H3,(H,11,12);1-3H;1-3H,(H2,8,12,13). The van der Waals surface area contributed by atoms with Crippen LogP contribution in [0.4, 0.5) is 56.3 Å². The van der Waals surface area contributed by atoms with E-state index in [0.717, 1.165) is 104 Å². The number of nitro benzene ring substituents is 3. The second-order valence-corrected chi connectivity index (χ2v) is 30.2. The number of hydrogen-bond donors (Lipinski definition) is 8. The summed E-state index contributed by atoms with van der Waals surface area (Å²) >= 11 is 0. The third-order valence-corrected chi connectivity index (χ3v) is 19.4. The summed E-state index contributed by atoms with van der Waals surface area (Å²) in [5.41, 5.74) is 19.6. The van der Waals surface area contributed by atoms with E-state index in [1.165, 1.54) is 24.5 Å². The average molecular weight is 1630 g/mol. The molecule has 36 nitrogen and oxygen atoms in total. The summed E-state index contributed by atoms with van der Waals surface area (Å²) in [6.45, 7) is 6.88. The zero-order chi connectivity index (χ0) is 81.9. The Kier molecular flexibility index (Phi) is 30.1. The van der Waals surface area contributed by atoms with Gasteiger partial charge in [0.2, 0.25) is 27.7 Å². The van der Waals surface area contributed by atoms with Gasteiger partial charge in [-0.25, -0.2) is 108 Å². The van der Waals surface area contributed by atoms with Crippen LogP contribution in [0.3, 0.4) is 0 Å². The number of aromatic nitrogens is 4. The fraction of sp³-hybridized carbons (Fsp3) is 0.0984. The molecule has 0 radical (unpaired) electrons. The molecule has 0 bridgehead atoms. The van der Waals surface area contributed by atoms with E-state index in [9.17, 15) is 118 Å². The van der Waals surface area contributed by atoms with Crippen LogP contribution in [0.5, 0.6) is 0 Å². The summed E-state index contributed by atoms with van der Waals surface area (Å²) in [6, 6.07) is 27.6. The number of ketones is 1. The van der Waals surface area contributed by atoms with Crippen LogP contribution in [-0.4, -0.2) is 111 Å². The molecule has 2 heterocycles. The fourth-order valence-corrected chi connectivity index (χ4v) is 12.6. The molecule has 0 aliphatic heterocycles. The maximum atomic E-state index is 14.4. The van der Waals surface area contributed by atoms with Crippen molar-refractivity contribution in [1.29, 1.82) is 0 Å². The van der Waals surface area contributed by atoms with Crippen LogP contribution in [-0.2, 0) is 69.9 Å². The third kappa shape index (κ3) is 26.0. The van der Waals surface area contributed by atoms with Crippen LogP contribution in [0, 0.1) is 73.3 Å². The molecule has 2 aromatic heterocycles. The molecule has 0 saturated heterocycles. The van der Waals surface area contributed by atoms with E-state index in [0.29, 0.717) is 29.6 Å². The van der Waals surface area contributed by atoms with Crippen molar-refractivity contribution in [3.05, 3.63) is 239 Å². The van der Waals surface area contributed by atoms with Crippen LogP contribution in [0.25, 0.3) is 22.5 Å². The van der Waals surface area contributed by atoms with Crippen molar-refractivity contribution in [2.24, 2.45) is 5.14 Å². The predicted molar refractivity (Wildman–Crippen MR) is 372 cm³/mol. The van der Waals surface area contributed by atoms with Gasteiger partial charge in [-0.1, -0.05) is 65.7 Å². The lowest BCUT2D eigenvalue weighted by Gasteiger charge is -2.09. The van der Waals surface area contributed by atoms with Crippen molar-refractivity contribution in [1.82, 2.24) is 34.1 Å². The number of aryl methyl sites for hydroxylation is 2. The number of nitrogen functional groups attached to an aromatic ring is 3. The van der Waals surface area contributed by atoms with Gasteiger partial charge >= 0.3 is 5.97 Å². The van der Waals surface area contributed by atoms with Crippen molar-refractivity contribution in [3.8, 4) is 22.5 Å². The molecule has 108 heavy (non-hydrogen) atoms. The number of halogens is 6. The number of sulfonamides is 4. The van der Waals surface area contributed by atoms with Gasteiger partial charge in [-0.15, -0.1) is 0 Å². The van der Waals surface area contributed by atoms with E-state index < -0.39 is 164 Å². The lowest BCUT2D eigenvalue weighted by molar-refractivity contribution is -0.385. The number of aromatic carboxylic acids is 1. The zero-order valence-corrected chi connectivity index (χ0v) is 60.2. The number of primary sulfonamides is 1. The Bertz CT molecular complexity index is 5540. The maximum Gasteiger partial charge on any atom is 0.358 e. The first kappa shape index (κ1) is 87.9. The van der Waals surface area contributed by atoms with Gasteiger partial charge in [0.1, 0.15) is 53.4 Å². The molecule has 0 atom stereocenters. The number of carbonyl (C=O) groups excluding carboxylic acids is 4. The van der Waals surface area contributed by atoms with Gasteiger partial charge < -0.3 is 22.3 Å². The molecule has 0 fully saturated rings. The molecule has 3 amide bonds. The van der Waals surface area contributed by atoms with Crippen LogP contribution < -0.4 is 36.5 Å². The Labute approximate surface area is 612 Å². The highest BCUT2D eigenvalue weighted by Gasteiger charge is 2.26. The van der Waals surface area contributed by atoms with Gasteiger partial charge in [-0.3, -0.25) is 49.5 Å². The number of nitro groups is 3. The maximum absolute atomic E-state index is 14.4. The largest absolute Gasteiger partial charge is 0.476 e. The molecule has 0 unspecified atom stereocenters. The quantitative estimate of drug-likeness (QED) is 0.0114. The highest BCUT2D eigenvalue weighted by molar-refractivity contribution is 8.13. The minimum Gasteiger partial charge on any atom is -0.476 e. The molecule has 47 heteroatoms. The van der Waals surface area contributed by atoms with Crippen LogP contribution in [0.1, 0.15) is 58.4 Å². The lowest BCUT2D eigenvalue weighted by Crippen LogP contribution is -2.28. The van der Waals surface area contributed by atoms with Crippen molar-refractivity contribution < 1.29 is 108 Å². The summed E-state index contributed by atoms with van der Waals surface area (Å²) in [5, 5.41) is 44.2. The number of carboxylic acids is 1. The molecule has 0 aliphatic rings. The summed E-state index contributed by atoms with van der Waals surface area (Å²) in [4.78, 5) is 96.4. The number of rotatable bonds is 17. The number of nitrogens with zero attached hydrogens (tertiary/aromatic N) is 7. The highest BCUT2D eigenvalue weighted by Crippen LogP contribution is 2.27. The van der Waals surface area contributed by atoms with Crippen LogP contribution in [0.2, 0.25) is 0 Å². The molecular formula is C61H54ClF5N14O22S5. The molecule has 9 rings (SSSR count). The van der Waals surface area contributed by atoms with Crippen LogP contribution >= 0.6 is 10.7 Å². The third-order valence-electron chi connectivity index (χ3n) is 12.7. The van der Waals surface area contributed by atoms with Gasteiger partial charge in [0.15, 0.2) is 28.9 Å². The van der Waals surface area contributed by atoms with Gasteiger partial charge in [-0.2, -0.15) is 0 Å². The summed E-state index contributed by atoms with van der Waals surface area (Å²) in [5.74, 6) is -10.2. The van der Waals surface area contributed by atoms with Gasteiger partial charge in [0.25, 0.3) is 56.2 Å². The number of Topliss-reactive ketones (excluding diaryl/α,β-unsaturated/α-hetero) is 1. The fourth-order valence-electron chi connectivity index (χ4n) is 7.95. The van der Waals surface area contributed by atoms with E-state index in [1.807, 2.05) is 62.4 Å². The molecule has 0 spiro atoms. The van der Waals surface area contributed by atoms with E-state index in [2.05, 4.69) is 25.1 Å². The Balaban J connectivity index is 0.000000282. The van der Waals surface area contributed by atoms with E-state index in [4.69, 9.17) is 33.0 Å². The minimum absolute atomic E-state index is 0.0616. The molecule has 0 aliphatic carbocycles. The topological polar surface area (TPSA) is 597 Å². The SMILES string of the molecule is CC(=O)NS(=O)(=O)c1ccc(CC(=O)c2nc(-c3ccc(C)cc3)cnc2N)cc1F.CC(=O)NS(=O)(=O)c1ccc(N)cc1F.CC(=O)NS(=O)(=O)c1ccc([N+](=O)[O-])cc1F.Cc1ccc(-c2cnc(N)c(C(=O)O)n2)cc1.NS(=O)(=O)c1ccc([N+](=O)[O-])cc1F.O=[N+]([O-])c1ccc(S(=O)(=O)Cl)c(F)c1. The first-order valence-electron chi connectivity index (χ1n) is 28.7. The number of carboxylic acid groups (broad SMARTS) is 1. The van der Waals surface area contributed by atoms with Crippen molar-refractivity contribution in [2.45, 2.75) is 65.5 Å². The number of carbonyl (C=O) groups is 5. The molecule has 12 N–H and O–H groups in total. The summed E-state index contributed by atoms with van der Waals surface area (Å²) in [7, 11) is -16.3. The number of amides is 3. The van der Waals surface area contributed by atoms with E-state index in [-0.39, 0.29) is 40.7 Å². The Hall–Kier alpha value is -12.5. The Morgan fingerprint density at radius 3 is 1.09 bits per heavy atom. The number of benzene rings is 7. The molecule has 9 aromatic rings. The second kappa shape index (κ2) is 37.0. The van der Waals surface area contributed by atoms with Crippen molar-refractivity contribution >= 4 is 124 Å². The molecular weight excluding hydrogens is 1570 g/mol. The Morgan fingerprint density at radius 1 is 0.463 bits per heavy atom. The lowest BCUT2D eigenvalue weighted by atomic mass is 10.1. The number of nitrogens with one attached hydrogen (secondary N) is 3. The predicted octanol–water partition coefficient (Wildman–Crippen LogP) is 6.99. The first-order valence-corrected chi connectivity index (χ1v) is 37.0. The number of nitrogens with two attached hydrogens (primary N) is 4. The molecule has 7 aromatic carbocycles. The minimum atomic E-state index is -4.34. The van der Waals surface area contributed by atoms with E-state index in [1.54, 1.807) is 14.2 Å². The van der Waals surface area contributed by atoms with Gasteiger partial charge in [-0.05, 0) is 67.9 Å². The number of non-ortho nitro benzene ring substituents is 3. The highest BCUT2D eigenvalue weighted by atomic mass is 35.7. The summed E-state index contributed by atoms with van der Waals surface area (Å²) < 4.78 is 184. The van der Waals surface area contributed by atoms with E-state index >= 15 is 0 Å². The number of hydrogen-bond acceptors (Lipinski definition) is 28. The van der Waals surface area contributed by atoms with Gasteiger partial charge in [0.05, 0.1) is 56.8 Å².